The van der Waals surface area contributed by atoms with Crippen LogP contribution >= 0.6 is 0 Å². The number of hydrogen-bond donors (Lipinski definition) is 0. The Bertz CT molecular complexity index is 585. The highest BCUT2D eigenvalue weighted by Gasteiger charge is 2.44. The molecule has 3 saturated heterocycles. The molecule has 3 aliphatic heterocycles. The van der Waals surface area contributed by atoms with Gasteiger partial charge in [-0.2, -0.15) is 0 Å². The average molecular weight is 358 g/mol. The number of hydrogen-bond acceptors (Lipinski definition) is 6. The molecule has 0 radical (unpaired) electrons. The maximum atomic E-state index is 5.65. The van der Waals surface area contributed by atoms with E-state index in [4.69, 9.17) is 4.74 Å². The number of ether oxygens (including phenoxy) is 1. The Morgan fingerprint density at radius 1 is 0.923 bits per heavy atom. The lowest BCUT2D eigenvalue weighted by Gasteiger charge is -2.45. The van der Waals surface area contributed by atoms with E-state index in [9.17, 15) is 0 Å². The van der Waals surface area contributed by atoms with Crippen LogP contribution in [0.15, 0.2) is 18.5 Å². The fraction of sp³-hybridized carbons (Fsp3) is 0.800. The third kappa shape index (κ3) is 3.23. The average Bonchev–Trinajstić information content (AvgIpc) is 3.38. The molecule has 0 bridgehead atoms. The summed E-state index contributed by atoms with van der Waals surface area (Å²) in [4.78, 5) is 16.7. The van der Waals surface area contributed by atoms with Crippen LogP contribution in [-0.2, 0) is 4.74 Å². The molecule has 1 aromatic heterocycles. The zero-order chi connectivity index (χ0) is 17.3. The Kier molecular flexibility index (Phi) is 4.82. The van der Waals surface area contributed by atoms with Gasteiger partial charge in [-0.15, -0.1) is 0 Å². The summed E-state index contributed by atoms with van der Waals surface area (Å²) < 4.78 is 5.65. The minimum Gasteiger partial charge on any atom is -0.380 e. The summed E-state index contributed by atoms with van der Waals surface area (Å²) in [6.07, 6.45) is 9.16. The minimum atomic E-state index is 0.688. The van der Waals surface area contributed by atoms with E-state index in [1.165, 1.54) is 38.8 Å². The summed E-state index contributed by atoms with van der Waals surface area (Å²) in [5.74, 6) is 2.66. The topological polar surface area (TPSA) is 44.7 Å². The number of likely N-dealkylation sites (tertiary alicyclic amines) is 1. The molecule has 6 heteroatoms. The SMILES string of the molecule is c1cnc(N2CCN(C3CCC[C@H]4CN(C5CCOC5)C[C@@H]34)CC2)nc1. The van der Waals surface area contributed by atoms with E-state index >= 15 is 0 Å². The van der Waals surface area contributed by atoms with Crippen LogP contribution in [-0.4, -0.2) is 84.3 Å². The van der Waals surface area contributed by atoms with Gasteiger partial charge in [0.1, 0.15) is 0 Å². The summed E-state index contributed by atoms with van der Waals surface area (Å²) in [6.45, 7) is 8.94. The molecule has 2 unspecified atom stereocenters. The van der Waals surface area contributed by atoms with Crippen molar-refractivity contribution in [3.63, 3.8) is 0 Å². The first-order valence-electron chi connectivity index (χ1n) is 10.5. The number of rotatable bonds is 3. The number of piperazine rings is 1. The highest BCUT2D eigenvalue weighted by atomic mass is 16.5. The van der Waals surface area contributed by atoms with Gasteiger partial charge >= 0.3 is 0 Å². The van der Waals surface area contributed by atoms with Crippen molar-refractivity contribution >= 4 is 5.95 Å². The predicted molar refractivity (Wildman–Crippen MR) is 101 cm³/mol. The van der Waals surface area contributed by atoms with Crippen LogP contribution in [0.2, 0.25) is 0 Å². The molecule has 6 nitrogen and oxygen atoms in total. The third-order valence-corrected chi connectivity index (χ3v) is 7.13. The van der Waals surface area contributed by atoms with Gasteiger partial charge in [0.05, 0.1) is 6.61 Å². The van der Waals surface area contributed by atoms with E-state index < -0.39 is 0 Å². The lowest BCUT2D eigenvalue weighted by Crippen LogP contribution is -2.54. The van der Waals surface area contributed by atoms with Crippen molar-refractivity contribution in [2.45, 2.75) is 37.8 Å². The van der Waals surface area contributed by atoms with Gasteiger partial charge in [0.2, 0.25) is 5.95 Å². The molecule has 1 saturated carbocycles. The molecule has 0 amide bonds. The molecule has 1 aliphatic carbocycles. The number of anilines is 1. The van der Waals surface area contributed by atoms with Crippen LogP contribution in [0.3, 0.4) is 0 Å². The van der Waals surface area contributed by atoms with E-state index in [-0.39, 0.29) is 0 Å². The zero-order valence-corrected chi connectivity index (χ0v) is 15.7. The summed E-state index contributed by atoms with van der Waals surface area (Å²) >= 11 is 0. The van der Waals surface area contributed by atoms with Crippen molar-refractivity contribution in [3.8, 4) is 0 Å². The van der Waals surface area contributed by atoms with Gasteiger partial charge in [0.15, 0.2) is 0 Å². The van der Waals surface area contributed by atoms with Crippen molar-refractivity contribution in [1.29, 1.82) is 0 Å². The van der Waals surface area contributed by atoms with Crippen LogP contribution in [0, 0.1) is 11.8 Å². The van der Waals surface area contributed by atoms with Crippen molar-refractivity contribution < 1.29 is 4.74 Å². The van der Waals surface area contributed by atoms with E-state index in [1.54, 1.807) is 0 Å². The second-order valence-electron chi connectivity index (χ2n) is 8.47. The molecule has 0 spiro atoms. The minimum absolute atomic E-state index is 0.688. The summed E-state index contributed by atoms with van der Waals surface area (Å²) in [5, 5.41) is 0. The van der Waals surface area contributed by atoms with E-state index in [0.29, 0.717) is 6.04 Å². The van der Waals surface area contributed by atoms with Gasteiger partial charge in [-0.3, -0.25) is 9.80 Å². The Labute approximate surface area is 156 Å². The molecule has 5 rings (SSSR count). The summed E-state index contributed by atoms with van der Waals surface area (Å²) in [6, 6.07) is 3.36. The number of nitrogens with zero attached hydrogens (tertiary/aromatic N) is 5. The Morgan fingerprint density at radius 2 is 1.77 bits per heavy atom. The number of fused-ring (bicyclic) bond motifs is 1. The van der Waals surface area contributed by atoms with Gasteiger partial charge in [-0.05, 0) is 37.2 Å². The molecule has 26 heavy (non-hydrogen) atoms. The normalized spacial score (nSPS) is 36.4. The van der Waals surface area contributed by atoms with Crippen LogP contribution in [0.4, 0.5) is 5.95 Å². The van der Waals surface area contributed by atoms with Gasteiger partial charge in [0.25, 0.3) is 0 Å². The van der Waals surface area contributed by atoms with Crippen LogP contribution in [0.5, 0.6) is 0 Å². The lowest BCUT2D eigenvalue weighted by molar-refractivity contribution is 0.0810. The standard InChI is InChI=1S/C20H31N5O/c1-3-16-13-25(17-5-12-26-15-17)14-18(16)19(4-1)23-8-10-24(11-9-23)20-21-6-2-7-22-20/h2,6-7,16-19H,1,3-5,8-15H2/t16-,17?,18+,19?/m0/s1. The first-order chi connectivity index (χ1) is 12.9. The van der Waals surface area contributed by atoms with Crippen LogP contribution in [0.25, 0.3) is 0 Å². The second-order valence-corrected chi connectivity index (χ2v) is 8.47. The third-order valence-electron chi connectivity index (χ3n) is 7.13. The Morgan fingerprint density at radius 3 is 2.54 bits per heavy atom. The lowest BCUT2D eigenvalue weighted by atomic mass is 9.77. The molecule has 142 valence electrons. The number of aromatic nitrogens is 2. The molecule has 1 aromatic rings. The molecule has 0 N–H and O–H groups in total. The summed E-state index contributed by atoms with van der Waals surface area (Å²) in [7, 11) is 0. The van der Waals surface area contributed by atoms with Gasteiger partial charge in [0, 0.05) is 70.4 Å². The Balaban J connectivity index is 1.21. The highest BCUT2D eigenvalue weighted by Crippen LogP contribution is 2.40. The van der Waals surface area contributed by atoms with Crippen molar-refractivity contribution in [3.05, 3.63) is 18.5 Å². The molecule has 4 aliphatic rings. The first kappa shape index (κ1) is 16.9. The molecule has 4 fully saturated rings. The van der Waals surface area contributed by atoms with Gasteiger partial charge in [-0.25, -0.2) is 9.97 Å². The molecular formula is C20H31N5O. The molecule has 4 atom stereocenters. The van der Waals surface area contributed by atoms with Gasteiger partial charge in [-0.1, -0.05) is 6.42 Å². The predicted octanol–water partition coefficient (Wildman–Crippen LogP) is 1.49. The van der Waals surface area contributed by atoms with Crippen molar-refractivity contribution in [1.82, 2.24) is 19.8 Å². The van der Waals surface area contributed by atoms with E-state index in [1.807, 2.05) is 18.5 Å². The molecular weight excluding hydrogens is 326 g/mol. The second kappa shape index (κ2) is 7.41. The largest absolute Gasteiger partial charge is 0.380 e. The Hall–Kier alpha value is -1.24. The van der Waals surface area contributed by atoms with Gasteiger partial charge < -0.3 is 9.64 Å². The molecule has 0 aromatic carbocycles. The fourth-order valence-electron chi connectivity index (χ4n) is 5.75. The summed E-state index contributed by atoms with van der Waals surface area (Å²) in [5.41, 5.74) is 0. The smallest absolute Gasteiger partial charge is 0.225 e. The maximum Gasteiger partial charge on any atom is 0.225 e. The quantitative estimate of drug-likeness (QED) is 0.817. The first-order valence-corrected chi connectivity index (χ1v) is 10.5. The van der Waals surface area contributed by atoms with Crippen LogP contribution in [0.1, 0.15) is 25.7 Å². The van der Waals surface area contributed by atoms with E-state index in [2.05, 4.69) is 24.7 Å². The van der Waals surface area contributed by atoms with Crippen molar-refractivity contribution in [2.75, 3.05) is 57.4 Å². The van der Waals surface area contributed by atoms with Crippen molar-refractivity contribution in [2.24, 2.45) is 11.8 Å². The zero-order valence-electron chi connectivity index (χ0n) is 15.7. The highest BCUT2D eigenvalue weighted by molar-refractivity contribution is 5.29. The van der Waals surface area contributed by atoms with Crippen LogP contribution < -0.4 is 4.90 Å². The molecule has 4 heterocycles. The fourth-order valence-corrected chi connectivity index (χ4v) is 5.75. The monoisotopic (exact) mass is 357 g/mol. The van der Waals surface area contributed by atoms with E-state index in [0.717, 1.165) is 63.2 Å². The maximum absolute atomic E-state index is 5.65.